The van der Waals surface area contributed by atoms with Crippen molar-refractivity contribution in [2.75, 3.05) is 24.3 Å². The van der Waals surface area contributed by atoms with Crippen LogP contribution in [0.2, 0.25) is 0 Å². The van der Waals surface area contributed by atoms with E-state index in [1.165, 1.54) is 5.56 Å². The van der Waals surface area contributed by atoms with Gasteiger partial charge in [0, 0.05) is 36.7 Å². The minimum absolute atomic E-state index is 0.640. The number of hydrogen-bond donors (Lipinski definition) is 1. The Kier molecular flexibility index (Phi) is 4.82. The monoisotopic (exact) mass is 271 g/mol. The average molecular weight is 271 g/mol. The molecular weight excluding hydrogens is 250 g/mol. The molecule has 2 rings (SSSR count). The van der Waals surface area contributed by atoms with E-state index in [1.54, 1.807) is 13.3 Å². The molecule has 106 valence electrons. The molecule has 0 aliphatic rings. The van der Waals surface area contributed by atoms with Crippen LogP contribution < -0.4 is 15.4 Å². The Morgan fingerprint density at radius 2 is 1.95 bits per heavy atom. The van der Waals surface area contributed by atoms with E-state index in [4.69, 9.17) is 10.5 Å². The smallest absolute Gasteiger partial charge is 0.214 e. The fourth-order valence-corrected chi connectivity index (χ4v) is 2.12. The summed E-state index contributed by atoms with van der Waals surface area (Å²) in [7, 11) is 1.64. The molecule has 0 unspecified atom stereocenters. The summed E-state index contributed by atoms with van der Waals surface area (Å²) in [5, 5.41) is 0. The zero-order valence-corrected chi connectivity index (χ0v) is 12.0. The number of methoxy groups -OCH3 is 1. The molecule has 4 nitrogen and oxygen atoms in total. The first-order valence-corrected chi connectivity index (χ1v) is 6.82. The lowest BCUT2D eigenvalue weighted by Crippen LogP contribution is -2.23. The van der Waals surface area contributed by atoms with Crippen molar-refractivity contribution in [3.05, 3.63) is 48.2 Å². The molecule has 0 fully saturated rings. The Morgan fingerprint density at radius 1 is 1.20 bits per heavy atom. The Morgan fingerprint density at radius 3 is 2.60 bits per heavy atom. The normalized spacial score (nSPS) is 10.3. The van der Waals surface area contributed by atoms with Gasteiger partial charge in [0.1, 0.15) is 0 Å². The van der Waals surface area contributed by atoms with Gasteiger partial charge in [-0.15, -0.1) is 0 Å². The van der Waals surface area contributed by atoms with Gasteiger partial charge in [0.25, 0.3) is 0 Å². The van der Waals surface area contributed by atoms with Gasteiger partial charge in [-0.3, -0.25) is 0 Å². The number of rotatable bonds is 6. The van der Waals surface area contributed by atoms with E-state index in [-0.39, 0.29) is 0 Å². The summed E-state index contributed by atoms with van der Waals surface area (Å²) in [6.45, 7) is 4.01. The second-order valence-electron chi connectivity index (χ2n) is 4.72. The van der Waals surface area contributed by atoms with Crippen molar-refractivity contribution in [3.8, 4) is 5.88 Å². The van der Waals surface area contributed by atoms with Crippen molar-refractivity contribution in [3.63, 3.8) is 0 Å². The zero-order chi connectivity index (χ0) is 14.4. The van der Waals surface area contributed by atoms with Crippen LogP contribution in [0.25, 0.3) is 0 Å². The SMILES string of the molecule is CCCN(Cc1ccc(N)cc1)c1ccnc(OC)c1. The maximum atomic E-state index is 5.73. The minimum atomic E-state index is 0.640. The predicted octanol–water partition coefficient (Wildman–Crippen LogP) is 3.09. The van der Waals surface area contributed by atoms with E-state index in [9.17, 15) is 0 Å². The van der Waals surface area contributed by atoms with Crippen LogP contribution in [-0.2, 0) is 6.54 Å². The van der Waals surface area contributed by atoms with Crippen LogP contribution in [0.1, 0.15) is 18.9 Å². The fourth-order valence-electron chi connectivity index (χ4n) is 2.12. The van der Waals surface area contributed by atoms with Gasteiger partial charge in [-0.1, -0.05) is 19.1 Å². The van der Waals surface area contributed by atoms with Gasteiger partial charge in [0.2, 0.25) is 5.88 Å². The summed E-state index contributed by atoms with van der Waals surface area (Å²) in [5.74, 6) is 0.640. The number of pyridine rings is 1. The molecule has 0 radical (unpaired) electrons. The van der Waals surface area contributed by atoms with E-state index in [0.29, 0.717) is 5.88 Å². The van der Waals surface area contributed by atoms with Crippen molar-refractivity contribution in [2.24, 2.45) is 0 Å². The Bertz CT molecular complexity index is 540. The number of hydrogen-bond acceptors (Lipinski definition) is 4. The number of benzene rings is 1. The second kappa shape index (κ2) is 6.80. The van der Waals surface area contributed by atoms with E-state index in [2.05, 4.69) is 28.9 Å². The number of ether oxygens (including phenoxy) is 1. The molecule has 0 aliphatic heterocycles. The van der Waals surface area contributed by atoms with Crippen LogP contribution in [0.4, 0.5) is 11.4 Å². The number of aromatic nitrogens is 1. The number of nitrogens with zero attached hydrogens (tertiary/aromatic N) is 2. The molecule has 0 amide bonds. The predicted molar refractivity (Wildman–Crippen MR) is 83.0 cm³/mol. The van der Waals surface area contributed by atoms with Gasteiger partial charge in [-0.25, -0.2) is 4.98 Å². The standard InChI is InChI=1S/C16H21N3O/c1-3-10-19(12-13-4-6-14(17)7-5-13)15-8-9-18-16(11-15)20-2/h4-9,11H,3,10,12,17H2,1-2H3. The summed E-state index contributed by atoms with van der Waals surface area (Å²) in [4.78, 5) is 6.47. The number of anilines is 2. The highest BCUT2D eigenvalue weighted by molar-refractivity contribution is 5.49. The van der Waals surface area contributed by atoms with Crippen molar-refractivity contribution in [1.82, 2.24) is 4.98 Å². The molecule has 0 saturated heterocycles. The zero-order valence-electron chi connectivity index (χ0n) is 12.0. The highest BCUT2D eigenvalue weighted by atomic mass is 16.5. The lowest BCUT2D eigenvalue weighted by molar-refractivity contribution is 0.398. The summed E-state index contributed by atoms with van der Waals surface area (Å²) in [6, 6.07) is 12.0. The molecule has 1 heterocycles. The van der Waals surface area contributed by atoms with E-state index < -0.39 is 0 Å². The van der Waals surface area contributed by atoms with Gasteiger partial charge in [-0.05, 0) is 30.2 Å². The molecule has 0 bridgehead atoms. The first kappa shape index (κ1) is 14.2. The quantitative estimate of drug-likeness (QED) is 0.820. The van der Waals surface area contributed by atoms with Crippen LogP contribution in [-0.4, -0.2) is 18.6 Å². The fraction of sp³-hybridized carbons (Fsp3) is 0.312. The van der Waals surface area contributed by atoms with Gasteiger partial charge < -0.3 is 15.4 Å². The molecule has 0 saturated carbocycles. The van der Waals surface area contributed by atoms with Crippen LogP contribution in [0.3, 0.4) is 0 Å². The van der Waals surface area contributed by atoms with Crippen molar-refractivity contribution >= 4 is 11.4 Å². The van der Waals surface area contributed by atoms with Crippen LogP contribution >= 0.6 is 0 Å². The first-order valence-electron chi connectivity index (χ1n) is 6.82. The highest BCUT2D eigenvalue weighted by Crippen LogP contribution is 2.21. The van der Waals surface area contributed by atoms with Gasteiger partial charge >= 0.3 is 0 Å². The summed E-state index contributed by atoms with van der Waals surface area (Å²) >= 11 is 0. The van der Waals surface area contributed by atoms with Crippen LogP contribution in [0, 0.1) is 0 Å². The molecule has 2 aromatic rings. The Labute approximate surface area is 120 Å². The van der Waals surface area contributed by atoms with E-state index in [0.717, 1.165) is 30.9 Å². The van der Waals surface area contributed by atoms with Gasteiger partial charge in [0.15, 0.2) is 0 Å². The van der Waals surface area contributed by atoms with Crippen molar-refractivity contribution in [1.29, 1.82) is 0 Å². The van der Waals surface area contributed by atoms with E-state index in [1.807, 2.05) is 24.3 Å². The second-order valence-corrected chi connectivity index (χ2v) is 4.72. The maximum absolute atomic E-state index is 5.73. The van der Waals surface area contributed by atoms with Crippen molar-refractivity contribution in [2.45, 2.75) is 19.9 Å². The third-order valence-electron chi connectivity index (χ3n) is 3.14. The highest BCUT2D eigenvalue weighted by Gasteiger charge is 2.08. The number of nitrogen functional groups attached to an aromatic ring is 1. The molecular formula is C16H21N3O. The molecule has 2 N–H and O–H groups in total. The number of nitrogens with two attached hydrogens (primary N) is 1. The lowest BCUT2D eigenvalue weighted by atomic mass is 10.2. The molecule has 0 atom stereocenters. The Hall–Kier alpha value is -2.23. The van der Waals surface area contributed by atoms with E-state index >= 15 is 0 Å². The third kappa shape index (κ3) is 3.63. The Balaban J connectivity index is 2.19. The average Bonchev–Trinajstić information content (AvgIpc) is 2.49. The summed E-state index contributed by atoms with van der Waals surface area (Å²) in [5.41, 5.74) is 8.88. The van der Waals surface area contributed by atoms with Crippen LogP contribution in [0.15, 0.2) is 42.6 Å². The molecule has 4 heteroatoms. The molecule has 0 spiro atoms. The maximum Gasteiger partial charge on any atom is 0.214 e. The minimum Gasteiger partial charge on any atom is -0.481 e. The van der Waals surface area contributed by atoms with Crippen molar-refractivity contribution < 1.29 is 4.74 Å². The third-order valence-corrected chi connectivity index (χ3v) is 3.14. The lowest BCUT2D eigenvalue weighted by Gasteiger charge is -2.24. The van der Waals surface area contributed by atoms with Crippen LogP contribution in [0.5, 0.6) is 5.88 Å². The topological polar surface area (TPSA) is 51.4 Å². The molecule has 1 aromatic heterocycles. The summed E-state index contributed by atoms with van der Waals surface area (Å²) < 4.78 is 5.19. The largest absolute Gasteiger partial charge is 0.481 e. The first-order chi connectivity index (χ1) is 9.72. The molecule has 0 aliphatic carbocycles. The molecule has 1 aromatic carbocycles. The molecule has 20 heavy (non-hydrogen) atoms. The summed E-state index contributed by atoms with van der Waals surface area (Å²) in [6.07, 6.45) is 2.86. The van der Waals surface area contributed by atoms with Gasteiger partial charge in [0.05, 0.1) is 7.11 Å². The van der Waals surface area contributed by atoms with Gasteiger partial charge in [-0.2, -0.15) is 0 Å².